The fourth-order valence-corrected chi connectivity index (χ4v) is 3.65. The van der Waals surface area contributed by atoms with E-state index < -0.39 is 5.91 Å². The lowest BCUT2D eigenvalue weighted by Crippen LogP contribution is -2.14. The summed E-state index contributed by atoms with van der Waals surface area (Å²) in [5, 5.41) is 5.61. The SMILES string of the molecule is COc1ccc(OC)c(NC(=O)c2nc(-c3ccccc3)oc2-c2ccc(NC(=O)CCCl)cc2)c1. The van der Waals surface area contributed by atoms with Gasteiger partial charge in [0.2, 0.25) is 11.8 Å². The molecule has 0 saturated carbocycles. The molecule has 9 heteroatoms. The Morgan fingerprint density at radius 3 is 2.33 bits per heavy atom. The largest absolute Gasteiger partial charge is 0.497 e. The number of ether oxygens (including phenoxy) is 2. The maximum absolute atomic E-state index is 13.4. The van der Waals surface area contributed by atoms with Crippen molar-refractivity contribution in [3.05, 3.63) is 78.5 Å². The van der Waals surface area contributed by atoms with Gasteiger partial charge in [0.05, 0.1) is 19.9 Å². The number of aromatic nitrogens is 1. The third-order valence-electron chi connectivity index (χ3n) is 5.27. The fraction of sp³-hybridized carbons (Fsp3) is 0.148. The summed E-state index contributed by atoms with van der Waals surface area (Å²) < 4.78 is 16.7. The zero-order valence-corrected chi connectivity index (χ0v) is 20.5. The number of methoxy groups -OCH3 is 2. The standard InChI is InChI=1S/C27H24ClN3O5/c1-34-20-12-13-22(35-2)21(16-20)30-26(33)24-25(36-27(31-24)18-6-4-3-5-7-18)17-8-10-19(11-9-17)29-23(32)14-15-28/h3-13,16H,14-15H2,1-2H3,(H,29,32)(H,30,33). The van der Waals surface area contributed by atoms with Gasteiger partial charge < -0.3 is 24.5 Å². The summed E-state index contributed by atoms with van der Waals surface area (Å²) in [5.74, 6) is 1.18. The minimum atomic E-state index is -0.484. The Balaban J connectivity index is 1.70. The number of anilines is 2. The van der Waals surface area contributed by atoms with Crippen LogP contribution in [0.25, 0.3) is 22.8 Å². The molecule has 0 bridgehead atoms. The van der Waals surface area contributed by atoms with Gasteiger partial charge in [-0.1, -0.05) is 18.2 Å². The van der Waals surface area contributed by atoms with Crippen molar-refractivity contribution in [1.82, 2.24) is 4.98 Å². The summed E-state index contributed by atoms with van der Waals surface area (Å²) in [6.45, 7) is 0. The maximum atomic E-state index is 13.4. The van der Waals surface area contributed by atoms with Crippen LogP contribution in [0, 0.1) is 0 Å². The van der Waals surface area contributed by atoms with Crippen LogP contribution in [0.15, 0.2) is 77.2 Å². The van der Waals surface area contributed by atoms with E-state index in [2.05, 4.69) is 15.6 Å². The van der Waals surface area contributed by atoms with E-state index in [4.69, 9.17) is 25.5 Å². The van der Waals surface area contributed by atoms with Crippen molar-refractivity contribution in [1.29, 1.82) is 0 Å². The van der Waals surface area contributed by atoms with Crippen molar-refractivity contribution in [3.8, 4) is 34.3 Å². The highest BCUT2D eigenvalue weighted by atomic mass is 35.5. The highest BCUT2D eigenvalue weighted by molar-refractivity contribution is 6.19. The number of nitrogens with zero attached hydrogens (tertiary/aromatic N) is 1. The van der Waals surface area contributed by atoms with E-state index in [1.54, 1.807) is 42.5 Å². The first kappa shape index (κ1) is 24.8. The molecule has 8 nitrogen and oxygen atoms in total. The number of benzene rings is 3. The summed E-state index contributed by atoms with van der Waals surface area (Å²) in [7, 11) is 3.05. The predicted octanol–water partition coefficient (Wildman–Crippen LogP) is 5.85. The van der Waals surface area contributed by atoms with Crippen molar-refractivity contribution >= 4 is 34.8 Å². The second kappa shape index (κ2) is 11.4. The molecule has 4 aromatic rings. The topological polar surface area (TPSA) is 103 Å². The molecule has 1 aromatic heterocycles. The van der Waals surface area contributed by atoms with Crippen LogP contribution in [0.1, 0.15) is 16.9 Å². The maximum Gasteiger partial charge on any atom is 0.278 e. The number of carbonyl (C=O) groups excluding carboxylic acids is 2. The van der Waals surface area contributed by atoms with Crippen molar-refractivity contribution in [2.75, 3.05) is 30.7 Å². The Morgan fingerprint density at radius 1 is 0.917 bits per heavy atom. The van der Waals surface area contributed by atoms with Crippen LogP contribution in [0.4, 0.5) is 11.4 Å². The number of hydrogen-bond acceptors (Lipinski definition) is 6. The quantitative estimate of drug-likeness (QED) is 0.277. The van der Waals surface area contributed by atoms with Crippen LogP contribution in [0.5, 0.6) is 11.5 Å². The molecule has 0 saturated heterocycles. The van der Waals surface area contributed by atoms with Gasteiger partial charge in [0.1, 0.15) is 11.5 Å². The van der Waals surface area contributed by atoms with E-state index in [1.807, 2.05) is 30.3 Å². The molecule has 36 heavy (non-hydrogen) atoms. The van der Waals surface area contributed by atoms with E-state index in [0.29, 0.717) is 34.3 Å². The normalized spacial score (nSPS) is 10.5. The Labute approximate surface area is 213 Å². The molecule has 2 amide bonds. The second-order valence-corrected chi connectivity index (χ2v) is 8.03. The molecule has 1 heterocycles. The number of oxazole rings is 1. The van der Waals surface area contributed by atoms with E-state index >= 15 is 0 Å². The van der Waals surface area contributed by atoms with Gasteiger partial charge in [-0.2, -0.15) is 0 Å². The van der Waals surface area contributed by atoms with Gasteiger partial charge in [-0.25, -0.2) is 4.98 Å². The summed E-state index contributed by atoms with van der Waals surface area (Å²) >= 11 is 5.63. The van der Waals surface area contributed by atoms with Crippen molar-refractivity contribution < 1.29 is 23.5 Å². The number of rotatable bonds is 9. The third kappa shape index (κ3) is 5.67. The molecule has 184 valence electrons. The summed E-state index contributed by atoms with van der Waals surface area (Å²) in [4.78, 5) is 29.8. The van der Waals surface area contributed by atoms with Crippen LogP contribution in [0.3, 0.4) is 0 Å². The van der Waals surface area contributed by atoms with E-state index in [0.717, 1.165) is 5.56 Å². The monoisotopic (exact) mass is 505 g/mol. The Kier molecular flexibility index (Phi) is 7.87. The van der Waals surface area contributed by atoms with Crippen LogP contribution < -0.4 is 20.1 Å². The van der Waals surface area contributed by atoms with Gasteiger partial charge in [-0.15, -0.1) is 11.6 Å². The minimum Gasteiger partial charge on any atom is -0.497 e. The molecule has 4 rings (SSSR count). The highest BCUT2D eigenvalue weighted by Gasteiger charge is 2.23. The smallest absolute Gasteiger partial charge is 0.278 e. The molecule has 0 atom stereocenters. The van der Waals surface area contributed by atoms with Crippen LogP contribution in [-0.2, 0) is 4.79 Å². The lowest BCUT2D eigenvalue weighted by Gasteiger charge is -2.11. The lowest BCUT2D eigenvalue weighted by atomic mass is 10.1. The van der Waals surface area contributed by atoms with E-state index in [1.165, 1.54) is 14.2 Å². The average Bonchev–Trinajstić information content (AvgIpc) is 3.35. The molecule has 0 radical (unpaired) electrons. The molecule has 0 spiro atoms. The molecule has 0 aliphatic rings. The molecule has 0 fully saturated rings. The van der Waals surface area contributed by atoms with Crippen LogP contribution in [-0.4, -0.2) is 36.9 Å². The molecular weight excluding hydrogens is 482 g/mol. The summed E-state index contributed by atoms with van der Waals surface area (Å²) in [5.41, 5.74) is 2.46. The molecule has 0 aliphatic heterocycles. The Morgan fingerprint density at radius 2 is 1.67 bits per heavy atom. The van der Waals surface area contributed by atoms with Crippen LogP contribution in [0.2, 0.25) is 0 Å². The van der Waals surface area contributed by atoms with E-state index in [-0.39, 0.29) is 29.7 Å². The van der Waals surface area contributed by atoms with E-state index in [9.17, 15) is 9.59 Å². The van der Waals surface area contributed by atoms with Gasteiger partial charge in [0.25, 0.3) is 5.91 Å². The van der Waals surface area contributed by atoms with Crippen molar-refractivity contribution in [2.45, 2.75) is 6.42 Å². The predicted molar refractivity (Wildman–Crippen MR) is 139 cm³/mol. The minimum absolute atomic E-state index is 0.0950. The Hall–Kier alpha value is -4.30. The molecule has 3 aromatic carbocycles. The van der Waals surface area contributed by atoms with Gasteiger partial charge in [0, 0.05) is 35.2 Å². The lowest BCUT2D eigenvalue weighted by molar-refractivity contribution is -0.115. The molecular formula is C27H24ClN3O5. The number of nitrogens with one attached hydrogen (secondary N) is 2. The third-order valence-corrected chi connectivity index (χ3v) is 5.46. The molecule has 2 N–H and O–H groups in total. The number of alkyl halides is 1. The number of hydrogen-bond donors (Lipinski definition) is 2. The first-order valence-electron chi connectivity index (χ1n) is 11.1. The zero-order chi connectivity index (χ0) is 25.5. The summed E-state index contributed by atoms with van der Waals surface area (Å²) in [6.07, 6.45) is 0.212. The van der Waals surface area contributed by atoms with Crippen molar-refractivity contribution in [2.24, 2.45) is 0 Å². The fourth-order valence-electron chi connectivity index (χ4n) is 3.48. The van der Waals surface area contributed by atoms with Crippen molar-refractivity contribution in [3.63, 3.8) is 0 Å². The van der Waals surface area contributed by atoms with Gasteiger partial charge in [0.15, 0.2) is 11.5 Å². The van der Waals surface area contributed by atoms with Gasteiger partial charge in [-0.05, 0) is 48.5 Å². The van der Waals surface area contributed by atoms with Gasteiger partial charge >= 0.3 is 0 Å². The first-order chi connectivity index (χ1) is 17.5. The zero-order valence-electron chi connectivity index (χ0n) is 19.7. The number of carbonyl (C=O) groups is 2. The second-order valence-electron chi connectivity index (χ2n) is 7.65. The Bertz CT molecular complexity index is 1350. The number of amides is 2. The highest BCUT2D eigenvalue weighted by Crippen LogP contribution is 2.33. The van der Waals surface area contributed by atoms with Crippen LogP contribution >= 0.6 is 11.6 Å². The molecule has 0 unspecified atom stereocenters. The average molecular weight is 506 g/mol. The number of halogens is 1. The summed E-state index contributed by atoms with van der Waals surface area (Å²) in [6, 6.07) is 21.3. The van der Waals surface area contributed by atoms with Gasteiger partial charge in [-0.3, -0.25) is 9.59 Å². The first-order valence-corrected chi connectivity index (χ1v) is 11.6. The molecule has 0 aliphatic carbocycles.